The number of pyridine rings is 2. The highest BCUT2D eigenvalue weighted by molar-refractivity contribution is 6.31. The lowest BCUT2D eigenvalue weighted by atomic mass is 9.87. The maximum atomic E-state index is 13.5. The molecule has 0 spiro atoms. The third-order valence-electron chi connectivity index (χ3n) is 5.31. The molecular formula is C26H24ClN3O2. The molecule has 0 atom stereocenters. The Morgan fingerprint density at radius 3 is 2.44 bits per heavy atom. The molecule has 0 saturated heterocycles. The molecule has 0 aliphatic carbocycles. The van der Waals surface area contributed by atoms with Crippen LogP contribution in [0, 0.1) is 0 Å². The van der Waals surface area contributed by atoms with Crippen molar-refractivity contribution in [3.05, 3.63) is 83.1 Å². The molecule has 4 rings (SSSR count). The van der Waals surface area contributed by atoms with Gasteiger partial charge in [-0.1, -0.05) is 38.4 Å². The van der Waals surface area contributed by atoms with Gasteiger partial charge in [-0.15, -0.1) is 0 Å². The number of rotatable bonds is 4. The Balaban J connectivity index is 1.82. The Morgan fingerprint density at radius 1 is 1.00 bits per heavy atom. The van der Waals surface area contributed by atoms with Crippen molar-refractivity contribution in [1.82, 2.24) is 9.97 Å². The average Bonchev–Trinajstić information content (AvgIpc) is 2.78. The second kappa shape index (κ2) is 8.60. The van der Waals surface area contributed by atoms with Gasteiger partial charge in [0.1, 0.15) is 5.75 Å². The van der Waals surface area contributed by atoms with Crippen molar-refractivity contribution in [3.63, 3.8) is 0 Å². The van der Waals surface area contributed by atoms with Gasteiger partial charge in [0.2, 0.25) is 0 Å². The number of anilines is 1. The number of carbonyl (C=O) groups is 1. The molecule has 6 heteroatoms. The lowest BCUT2D eigenvalue weighted by Crippen LogP contribution is -2.16. The molecule has 0 saturated carbocycles. The van der Waals surface area contributed by atoms with Crippen molar-refractivity contribution in [2.75, 3.05) is 12.4 Å². The molecule has 0 aliphatic heterocycles. The Bertz CT molecular complexity index is 1300. The first-order valence-corrected chi connectivity index (χ1v) is 10.6. The third-order valence-corrected chi connectivity index (χ3v) is 5.54. The molecular weight excluding hydrogens is 422 g/mol. The zero-order chi connectivity index (χ0) is 22.9. The minimum atomic E-state index is -0.265. The van der Waals surface area contributed by atoms with Crippen LogP contribution in [0.1, 0.15) is 36.7 Å². The van der Waals surface area contributed by atoms with Crippen molar-refractivity contribution in [2.45, 2.75) is 26.2 Å². The number of hydrogen-bond acceptors (Lipinski definition) is 4. The summed E-state index contributed by atoms with van der Waals surface area (Å²) in [5.74, 6) is 0.330. The fraction of sp³-hybridized carbons (Fsp3) is 0.192. The van der Waals surface area contributed by atoms with Crippen LogP contribution in [-0.4, -0.2) is 23.0 Å². The number of fused-ring (bicyclic) bond motifs is 1. The van der Waals surface area contributed by atoms with E-state index in [-0.39, 0.29) is 11.3 Å². The van der Waals surface area contributed by atoms with E-state index in [0.717, 1.165) is 11.1 Å². The number of aromatic nitrogens is 2. The molecule has 5 nitrogen and oxygen atoms in total. The molecule has 1 N–H and O–H groups in total. The SMILES string of the molecule is COc1ccc(C(C)(C)C)cc1NC(=O)c1cc(-c2ccncc2)nc2ccc(Cl)cc12. The fourth-order valence-corrected chi connectivity index (χ4v) is 3.69. The summed E-state index contributed by atoms with van der Waals surface area (Å²) in [6, 6.07) is 16.7. The first-order chi connectivity index (χ1) is 15.3. The summed E-state index contributed by atoms with van der Waals surface area (Å²) in [6.45, 7) is 6.37. The number of carbonyl (C=O) groups excluding carboxylic acids is 1. The van der Waals surface area contributed by atoms with Crippen LogP contribution in [0.25, 0.3) is 22.2 Å². The molecule has 32 heavy (non-hydrogen) atoms. The number of nitrogens with zero attached hydrogens (tertiary/aromatic N) is 2. The lowest BCUT2D eigenvalue weighted by Gasteiger charge is -2.21. The second-order valence-corrected chi connectivity index (χ2v) is 9.01. The van der Waals surface area contributed by atoms with E-state index >= 15 is 0 Å². The number of methoxy groups -OCH3 is 1. The summed E-state index contributed by atoms with van der Waals surface area (Å²) in [5, 5.41) is 4.25. The van der Waals surface area contributed by atoms with Crippen LogP contribution in [0.5, 0.6) is 5.75 Å². The van der Waals surface area contributed by atoms with Crippen molar-refractivity contribution >= 4 is 34.1 Å². The Kier molecular flexibility index (Phi) is 5.85. The highest BCUT2D eigenvalue weighted by Gasteiger charge is 2.19. The van der Waals surface area contributed by atoms with Crippen molar-refractivity contribution in [1.29, 1.82) is 0 Å². The maximum Gasteiger partial charge on any atom is 0.256 e. The minimum Gasteiger partial charge on any atom is -0.495 e. The number of hydrogen-bond donors (Lipinski definition) is 1. The Morgan fingerprint density at radius 2 is 1.75 bits per heavy atom. The average molecular weight is 446 g/mol. The summed E-state index contributed by atoms with van der Waals surface area (Å²) < 4.78 is 5.49. The standard InChI is InChI=1S/C26H24ClN3O2/c1-26(2,3)17-5-8-24(32-4)23(13-17)30-25(31)20-15-22(16-9-11-28-12-10-16)29-21-7-6-18(27)14-19(20)21/h5-15H,1-4H3,(H,30,31). The molecule has 0 radical (unpaired) electrons. The predicted octanol–water partition coefficient (Wildman–Crippen LogP) is 6.51. The summed E-state index contributed by atoms with van der Waals surface area (Å²) >= 11 is 6.24. The smallest absolute Gasteiger partial charge is 0.256 e. The van der Waals surface area contributed by atoms with Gasteiger partial charge in [0.25, 0.3) is 5.91 Å². The number of ether oxygens (including phenoxy) is 1. The van der Waals surface area contributed by atoms with Gasteiger partial charge >= 0.3 is 0 Å². The van der Waals surface area contributed by atoms with E-state index in [2.05, 4.69) is 31.1 Å². The second-order valence-electron chi connectivity index (χ2n) is 8.57. The van der Waals surface area contributed by atoms with Crippen LogP contribution in [-0.2, 0) is 5.41 Å². The molecule has 1 amide bonds. The molecule has 2 aromatic heterocycles. The van der Waals surface area contributed by atoms with Crippen LogP contribution in [0.4, 0.5) is 5.69 Å². The molecule has 0 unspecified atom stereocenters. The number of nitrogens with one attached hydrogen (secondary N) is 1. The van der Waals surface area contributed by atoms with Crippen molar-refractivity contribution < 1.29 is 9.53 Å². The monoisotopic (exact) mass is 445 g/mol. The normalized spacial score (nSPS) is 11.4. The maximum absolute atomic E-state index is 13.5. The quantitative estimate of drug-likeness (QED) is 0.389. The van der Waals surface area contributed by atoms with Crippen LogP contribution in [0.2, 0.25) is 5.02 Å². The van der Waals surface area contributed by atoms with Gasteiger partial charge < -0.3 is 10.1 Å². The van der Waals surface area contributed by atoms with Crippen LogP contribution >= 0.6 is 11.6 Å². The lowest BCUT2D eigenvalue weighted by molar-refractivity contribution is 0.102. The first-order valence-electron chi connectivity index (χ1n) is 10.3. The molecule has 2 heterocycles. The summed E-state index contributed by atoms with van der Waals surface area (Å²) in [7, 11) is 1.59. The van der Waals surface area contributed by atoms with Crippen molar-refractivity contribution in [3.8, 4) is 17.0 Å². The van der Waals surface area contributed by atoms with E-state index in [1.807, 2.05) is 36.4 Å². The molecule has 0 aliphatic rings. The highest BCUT2D eigenvalue weighted by atomic mass is 35.5. The summed E-state index contributed by atoms with van der Waals surface area (Å²) in [4.78, 5) is 22.3. The topological polar surface area (TPSA) is 64.1 Å². The summed E-state index contributed by atoms with van der Waals surface area (Å²) in [5.41, 5.74) is 4.35. The zero-order valence-electron chi connectivity index (χ0n) is 18.4. The van der Waals surface area contributed by atoms with E-state index in [1.54, 1.807) is 37.7 Å². The van der Waals surface area contributed by atoms with E-state index in [0.29, 0.717) is 38.6 Å². The first kappa shape index (κ1) is 21.8. The van der Waals surface area contributed by atoms with Gasteiger partial charge in [-0.3, -0.25) is 9.78 Å². The van der Waals surface area contributed by atoms with E-state index in [4.69, 9.17) is 21.3 Å². The van der Waals surface area contributed by atoms with Gasteiger partial charge in [0.15, 0.2) is 0 Å². The van der Waals surface area contributed by atoms with Crippen LogP contribution in [0.3, 0.4) is 0 Å². The van der Waals surface area contributed by atoms with Gasteiger partial charge in [0.05, 0.1) is 29.6 Å². The van der Waals surface area contributed by atoms with E-state index in [9.17, 15) is 4.79 Å². The Hall–Kier alpha value is -3.44. The molecule has 4 aromatic rings. The minimum absolute atomic E-state index is 0.0723. The highest BCUT2D eigenvalue weighted by Crippen LogP contribution is 2.33. The van der Waals surface area contributed by atoms with Crippen LogP contribution in [0.15, 0.2) is 67.0 Å². The number of amides is 1. The molecule has 0 bridgehead atoms. The summed E-state index contributed by atoms with van der Waals surface area (Å²) in [6.07, 6.45) is 3.40. The van der Waals surface area contributed by atoms with Gasteiger partial charge in [-0.05, 0) is 59.5 Å². The number of benzene rings is 2. The molecule has 162 valence electrons. The van der Waals surface area contributed by atoms with Gasteiger partial charge in [-0.2, -0.15) is 0 Å². The van der Waals surface area contributed by atoms with E-state index in [1.165, 1.54) is 0 Å². The van der Waals surface area contributed by atoms with E-state index < -0.39 is 0 Å². The van der Waals surface area contributed by atoms with Crippen molar-refractivity contribution in [2.24, 2.45) is 0 Å². The van der Waals surface area contributed by atoms with Gasteiger partial charge in [-0.25, -0.2) is 4.98 Å². The Labute approximate surface area is 192 Å². The van der Waals surface area contributed by atoms with Crippen LogP contribution < -0.4 is 10.1 Å². The number of halogens is 1. The predicted molar refractivity (Wildman–Crippen MR) is 130 cm³/mol. The largest absolute Gasteiger partial charge is 0.495 e. The fourth-order valence-electron chi connectivity index (χ4n) is 3.52. The molecule has 0 fully saturated rings. The molecule has 2 aromatic carbocycles. The van der Waals surface area contributed by atoms with Gasteiger partial charge in [0, 0.05) is 28.4 Å². The zero-order valence-corrected chi connectivity index (χ0v) is 19.2. The third kappa shape index (κ3) is 4.43.